The normalized spacial score (nSPS) is 10.9. The third kappa shape index (κ3) is 5.99. The number of amides is 1. The van der Waals surface area contributed by atoms with Gasteiger partial charge in [0.25, 0.3) is 5.91 Å². The van der Waals surface area contributed by atoms with Crippen molar-refractivity contribution in [2.75, 3.05) is 12.4 Å². The van der Waals surface area contributed by atoms with Crippen molar-refractivity contribution >= 4 is 33.6 Å². The number of halogens is 1. The minimum Gasteiger partial charge on any atom is -0.493 e. The number of nitriles is 1. The molecule has 0 aliphatic rings. The maximum Gasteiger partial charge on any atom is 0.266 e. The number of anilines is 1. The predicted molar refractivity (Wildman–Crippen MR) is 130 cm³/mol. The van der Waals surface area contributed by atoms with Gasteiger partial charge in [-0.15, -0.1) is 0 Å². The van der Waals surface area contributed by atoms with Gasteiger partial charge in [-0.1, -0.05) is 63.5 Å². The van der Waals surface area contributed by atoms with Crippen molar-refractivity contribution in [3.05, 3.63) is 93.0 Å². The summed E-state index contributed by atoms with van der Waals surface area (Å²) in [5, 5.41) is 12.3. The van der Waals surface area contributed by atoms with E-state index in [0.717, 1.165) is 16.7 Å². The topological polar surface area (TPSA) is 71.3 Å². The van der Waals surface area contributed by atoms with Crippen LogP contribution in [0.25, 0.3) is 6.08 Å². The molecular formula is C26H23BrN2O3. The lowest BCUT2D eigenvalue weighted by atomic mass is 10.1. The second-order valence-corrected chi connectivity index (χ2v) is 8.15. The molecule has 0 radical (unpaired) electrons. The summed E-state index contributed by atoms with van der Waals surface area (Å²) in [6.07, 6.45) is 1.51. The highest BCUT2D eigenvalue weighted by Crippen LogP contribution is 2.35. The maximum atomic E-state index is 12.6. The van der Waals surface area contributed by atoms with Crippen LogP contribution in [0.15, 0.2) is 70.7 Å². The molecule has 0 fully saturated rings. The van der Waals surface area contributed by atoms with Gasteiger partial charge in [0.05, 0.1) is 7.11 Å². The van der Waals surface area contributed by atoms with Crippen LogP contribution in [-0.2, 0) is 11.4 Å². The zero-order valence-electron chi connectivity index (χ0n) is 18.1. The number of hydrogen-bond acceptors (Lipinski definition) is 4. The van der Waals surface area contributed by atoms with Crippen molar-refractivity contribution < 1.29 is 14.3 Å². The van der Waals surface area contributed by atoms with E-state index in [-0.39, 0.29) is 5.57 Å². The third-order valence-corrected chi connectivity index (χ3v) is 5.42. The third-order valence-electron chi connectivity index (χ3n) is 4.73. The summed E-state index contributed by atoms with van der Waals surface area (Å²) < 4.78 is 12.1. The van der Waals surface area contributed by atoms with E-state index in [2.05, 4.69) is 27.3 Å². The fourth-order valence-corrected chi connectivity index (χ4v) is 3.47. The van der Waals surface area contributed by atoms with Gasteiger partial charge in [-0.05, 0) is 55.3 Å². The number of benzene rings is 3. The zero-order chi connectivity index (χ0) is 23.1. The van der Waals surface area contributed by atoms with Crippen LogP contribution >= 0.6 is 15.9 Å². The van der Waals surface area contributed by atoms with Gasteiger partial charge in [-0.3, -0.25) is 4.79 Å². The molecule has 3 aromatic rings. The number of rotatable bonds is 7. The van der Waals surface area contributed by atoms with Crippen LogP contribution in [0.1, 0.15) is 22.3 Å². The molecule has 1 amide bonds. The lowest BCUT2D eigenvalue weighted by Gasteiger charge is -2.13. The van der Waals surface area contributed by atoms with Crippen LogP contribution in [-0.4, -0.2) is 13.0 Å². The molecule has 0 saturated heterocycles. The van der Waals surface area contributed by atoms with E-state index in [1.165, 1.54) is 6.08 Å². The fraction of sp³-hybridized carbons (Fsp3) is 0.154. The van der Waals surface area contributed by atoms with Gasteiger partial charge in [0.15, 0.2) is 11.5 Å². The van der Waals surface area contributed by atoms with Gasteiger partial charge in [-0.25, -0.2) is 0 Å². The molecule has 0 aliphatic heterocycles. The quantitative estimate of drug-likeness (QED) is 0.316. The Balaban J connectivity index is 1.81. The van der Waals surface area contributed by atoms with Crippen LogP contribution in [0.3, 0.4) is 0 Å². The van der Waals surface area contributed by atoms with Gasteiger partial charge >= 0.3 is 0 Å². The first-order valence-electron chi connectivity index (χ1n) is 9.95. The predicted octanol–water partition coefficient (Wildman–Crippen LogP) is 6.20. The van der Waals surface area contributed by atoms with Gasteiger partial charge in [-0.2, -0.15) is 5.26 Å². The van der Waals surface area contributed by atoms with E-state index in [1.807, 2.05) is 50.2 Å². The molecule has 0 heterocycles. The standard InChI is InChI=1S/C26H23BrN2O3/c1-17-7-9-22(10-8-17)29-26(30)21(15-28)12-20-13-24(31-3)25(14-23(20)27)32-16-19-6-4-5-18(2)11-19/h4-14H,16H2,1-3H3,(H,29,30)/b21-12+. The molecule has 0 aromatic heterocycles. The Morgan fingerprint density at radius 1 is 1.06 bits per heavy atom. The second kappa shape index (κ2) is 10.7. The minimum atomic E-state index is -0.484. The molecule has 32 heavy (non-hydrogen) atoms. The molecule has 3 aromatic carbocycles. The lowest BCUT2D eigenvalue weighted by Crippen LogP contribution is -2.13. The SMILES string of the molecule is COc1cc(/C=C(\C#N)C(=O)Nc2ccc(C)cc2)c(Br)cc1OCc1cccc(C)c1. The second-order valence-electron chi connectivity index (χ2n) is 7.29. The largest absolute Gasteiger partial charge is 0.493 e. The summed E-state index contributed by atoms with van der Waals surface area (Å²) in [4.78, 5) is 12.6. The van der Waals surface area contributed by atoms with E-state index >= 15 is 0 Å². The Hall–Kier alpha value is -3.56. The summed E-state index contributed by atoms with van der Waals surface area (Å²) in [7, 11) is 1.55. The van der Waals surface area contributed by atoms with Crippen LogP contribution in [0.5, 0.6) is 11.5 Å². The molecule has 0 unspecified atom stereocenters. The molecule has 1 N–H and O–H groups in total. The van der Waals surface area contributed by atoms with E-state index in [9.17, 15) is 10.1 Å². The monoisotopic (exact) mass is 490 g/mol. The Morgan fingerprint density at radius 3 is 2.47 bits per heavy atom. The van der Waals surface area contributed by atoms with E-state index in [0.29, 0.717) is 33.8 Å². The number of carbonyl (C=O) groups excluding carboxylic acids is 1. The first-order chi connectivity index (χ1) is 15.4. The van der Waals surface area contributed by atoms with Crippen LogP contribution in [0.2, 0.25) is 0 Å². The summed E-state index contributed by atoms with van der Waals surface area (Å²) in [5.74, 6) is 0.575. The van der Waals surface area contributed by atoms with Crippen molar-refractivity contribution in [1.29, 1.82) is 5.26 Å². The maximum absolute atomic E-state index is 12.6. The summed E-state index contributed by atoms with van der Waals surface area (Å²) in [6, 6.07) is 20.9. The smallest absolute Gasteiger partial charge is 0.266 e. The molecule has 5 nitrogen and oxygen atoms in total. The van der Waals surface area contributed by atoms with Gasteiger partial charge < -0.3 is 14.8 Å². The van der Waals surface area contributed by atoms with E-state index in [4.69, 9.17) is 9.47 Å². The molecule has 0 aliphatic carbocycles. The number of ether oxygens (including phenoxy) is 2. The van der Waals surface area contributed by atoms with Crippen molar-refractivity contribution in [3.63, 3.8) is 0 Å². The zero-order valence-corrected chi connectivity index (χ0v) is 19.7. The highest BCUT2D eigenvalue weighted by Gasteiger charge is 2.14. The van der Waals surface area contributed by atoms with Crippen molar-refractivity contribution in [1.82, 2.24) is 0 Å². The van der Waals surface area contributed by atoms with E-state index in [1.54, 1.807) is 31.4 Å². The molecule has 0 atom stereocenters. The highest BCUT2D eigenvalue weighted by molar-refractivity contribution is 9.10. The van der Waals surface area contributed by atoms with Gasteiger partial charge in [0, 0.05) is 10.2 Å². The molecular weight excluding hydrogens is 468 g/mol. The first kappa shape index (κ1) is 23.1. The average Bonchev–Trinajstić information content (AvgIpc) is 2.78. The van der Waals surface area contributed by atoms with Crippen molar-refractivity contribution in [2.45, 2.75) is 20.5 Å². The number of aryl methyl sites for hydroxylation is 2. The van der Waals surface area contributed by atoms with Crippen LogP contribution in [0, 0.1) is 25.2 Å². The van der Waals surface area contributed by atoms with Crippen LogP contribution in [0.4, 0.5) is 5.69 Å². The highest BCUT2D eigenvalue weighted by atomic mass is 79.9. The Kier molecular flexibility index (Phi) is 7.69. The van der Waals surface area contributed by atoms with Crippen LogP contribution < -0.4 is 14.8 Å². The van der Waals surface area contributed by atoms with Gasteiger partial charge in [0.2, 0.25) is 0 Å². The lowest BCUT2D eigenvalue weighted by molar-refractivity contribution is -0.112. The molecule has 162 valence electrons. The van der Waals surface area contributed by atoms with Gasteiger partial charge in [0.1, 0.15) is 18.2 Å². The Bertz CT molecular complexity index is 1190. The van der Waals surface area contributed by atoms with E-state index < -0.39 is 5.91 Å². The molecule has 0 spiro atoms. The molecule has 0 bridgehead atoms. The molecule has 6 heteroatoms. The summed E-state index contributed by atoms with van der Waals surface area (Å²) >= 11 is 3.51. The van der Waals surface area contributed by atoms with Crippen molar-refractivity contribution in [3.8, 4) is 17.6 Å². The first-order valence-corrected chi connectivity index (χ1v) is 10.7. The number of nitrogens with zero attached hydrogens (tertiary/aromatic N) is 1. The van der Waals surface area contributed by atoms with Crippen molar-refractivity contribution in [2.24, 2.45) is 0 Å². The fourth-order valence-electron chi connectivity index (χ4n) is 3.04. The number of carbonyl (C=O) groups is 1. The molecule has 3 rings (SSSR count). The number of nitrogens with one attached hydrogen (secondary N) is 1. The molecule has 0 saturated carbocycles. The Labute approximate surface area is 196 Å². The summed E-state index contributed by atoms with van der Waals surface area (Å²) in [5.41, 5.74) is 4.51. The number of methoxy groups -OCH3 is 1. The summed E-state index contributed by atoms with van der Waals surface area (Å²) in [6.45, 7) is 4.39. The minimum absolute atomic E-state index is 0.0262. The number of hydrogen-bond donors (Lipinski definition) is 1. The average molecular weight is 491 g/mol. The Morgan fingerprint density at radius 2 is 1.81 bits per heavy atom.